The molecule has 2 aromatic heterocycles. The standard InChI is InChI=1S/C11H17N7OS2/c1-3-4-20-11-14-10(21-16-11)13-9(19)6-18-5-8(7(2)12)15-17-18/h5,7H,3-4,6,12H2,1-2H3,(H,13,14,16,19). The smallest absolute Gasteiger partial charge is 0.247 e. The zero-order chi connectivity index (χ0) is 15.2. The van der Waals surface area contributed by atoms with Crippen molar-refractivity contribution in [3.63, 3.8) is 0 Å². The lowest BCUT2D eigenvalue weighted by atomic mass is 10.3. The van der Waals surface area contributed by atoms with Gasteiger partial charge in [0.05, 0.1) is 11.9 Å². The third-order valence-electron chi connectivity index (χ3n) is 2.42. The second-order valence-electron chi connectivity index (χ2n) is 4.41. The molecule has 1 atom stereocenters. The Bertz CT molecular complexity index is 595. The number of carbonyl (C=O) groups excluding carboxylic acids is 1. The summed E-state index contributed by atoms with van der Waals surface area (Å²) in [5.41, 5.74) is 6.34. The van der Waals surface area contributed by atoms with Gasteiger partial charge in [0.15, 0.2) is 0 Å². The number of carbonyl (C=O) groups is 1. The second-order valence-corrected chi connectivity index (χ2v) is 6.22. The monoisotopic (exact) mass is 327 g/mol. The number of thioether (sulfide) groups is 1. The van der Waals surface area contributed by atoms with Gasteiger partial charge in [-0.05, 0) is 13.3 Å². The zero-order valence-corrected chi connectivity index (χ0v) is 13.4. The Morgan fingerprint density at radius 2 is 2.43 bits per heavy atom. The second kappa shape index (κ2) is 7.48. The van der Waals surface area contributed by atoms with E-state index in [0.29, 0.717) is 16.0 Å². The fraction of sp³-hybridized carbons (Fsp3) is 0.545. The van der Waals surface area contributed by atoms with Crippen LogP contribution in [-0.4, -0.2) is 36.0 Å². The molecule has 10 heteroatoms. The molecule has 21 heavy (non-hydrogen) atoms. The quantitative estimate of drug-likeness (QED) is 0.737. The molecule has 0 saturated carbocycles. The van der Waals surface area contributed by atoms with Gasteiger partial charge in [0.25, 0.3) is 0 Å². The van der Waals surface area contributed by atoms with Crippen molar-refractivity contribution in [1.29, 1.82) is 0 Å². The number of hydrogen-bond acceptors (Lipinski definition) is 8. The van der Waals surface area contributed by atoms with Crippen molar-refractivity contribution in [2.75, 3.05) is 11.1 Å². The molecule has 114 valence electrons. The predicted octanol–water partition coefficient (Wildman–Crippen LogP) is 1.29. The Morgan fingerprint density at radius 1 is 1.62 bits per heavy atom. The number of anilines is 1. The fourth-order valence-corrected chi connectivity index (χ4v) is 2.83. The van der Waals surface area contributed by atoms with E-state index in [2.05, 4.69) is 31.9 Å². The SMILES string of the molecule is CCCSc1nsc(NC(=O)Cn2cc(C(C)N)nn2)n1. The zero-order valence-electron chi connectivity index (χ0n) is 11.8. The lowest BCUT2D eigenvalue weighted by Gasteiger charge is -2.00. The number of hydrogen-bond donors (Lipinski definition) is 2. The maximum atomic E-state index is 11.9. The van der Waals surface area contributed by atoms with Crippen LogP contribution < -0.4 is 11.1 Å². The minimum absolute atomic E-state index is 0.0662. The first-order chi connectivity index (χ1) is 10.1. The number of rotatable bonds is 7. The first kappa shape index (κ1) is 15.9. The van der Waals surface area contributed by atoms with Crippen molar-refractivity contribution in [3.8, 4) is 0 Å². The number of nitrogens with one attached hydrogen (secondary N) is 1. The predicted molar refractivity (Wildman–Crippen MR) is 82.2 cm³/mol. The average Bonchev–Trinajstić information content (AvgIpc) is 3.06. The van der Waals surface area contributed by atoms with Crippen molar-refractivity contribution in [2.24, 2.45) is 5.73 Å². The molecule has 3 N–H and O–H groups in total. The van der Waals surface area contributed by atoms with E-state index in [9.17, 15) is 4.79 Å². The molecule has 0 fully saturated rings. The fourth-order valence-electron chi connectivity index (χ4n) is 1.42. The molecular formula is C11H17N7OS2. The Labute approximate surface area is 130 Å². The molecule has 0 radical (unpaired) electrons. The Morgan fingerprint density at radius 3 is 3.10 bits per heavy atom. The highest BCUT2D eigenvalue weighted by molar-refractivity contribution is 7.99. The Hall–Kier alpha value is -1.52. The minimum atomic E-state index is -0.223. The van der Waals surface area contributed by atoms with Crippen molar-refractivity contribution < 1.29 is 4.79 Å². The van der Waals surface area contributed by atoms with Crippen LogP contribution in [0.2, 0.25) is 0 Å². The summed E-state index contributed by atoms with van der Waals surface area (Å²) < 4.78 is 5.61. The maximum Gasteiger partial charge on any atom is 0.247 e. The molecule has 2 rings (SSSR count). The molecule has 0 saturated heterocycles. The number of nitrogens with two attached hydrogens (primary N) is 1. The highest BCUT2D eigenvalue weighted by atomic mass is 32.2. The van der Waals surface area contributed by atoms with Crippen LogP contribution in [-0.2, 0) is 11.3 Å². The third-order valence-corrected chi connectivity index (χ3v) is 4.22. The third kappa shape index (κ3) is 4.76. The molecule has 2 aromatic rings. The van der Waals surface area contributed by atoms with E-state index < -0.39 is 0 Å². The van der Waals surface area contributed by atoms with E-state index in [1.807, 2.05) is 6.92 Å². The summed E-state index contributed by atoms with van der Waals surface area (Å²) in [4.78, 5) is 16.1. The molecular weight excluding hydrogens is 310 g/mol. The highest BCUT2D eigenvalue weighted by Gasteiger charge is 2.11. The van der Waals surface area contributed by atoms with Crippen molar-refractivity contribution >= 4 is 34.3 Å². The molecule has 0 aliphatic carbocycles. The molecule has 1 amide bonds. The van der Waals surface area contributed by atoms with Gasteiger partial charge in [-0.3, -0.25) is 10.1 Å². The average molecular weight is 327 g/mol. The van der Waals surface area contributed by atoms with E-state index in [0.717, 1.165) is 12.2 Å². The Kier molecular flexibility index (Phi) is 5.65. The van der Waals surface area contributed by atoms with Gasteiger partial charge in [-0.25, -0.2) is 4.68 Å². The van der Waals surface area contributed by atoms with Crippen LogP contribution in [0.1, 0.15) is 32.0 Å². The van der Waals surface area contributed by atoms with Crippen LogP contribution >= 0.6 is 23.3 Å². The summed E-state index contributed by atoms with van der Waals surface area (Å²) in [6.07, 6.45) is 2.71. The van der Waals surface area contributed by atoms with Gasteiger partial charge in [0, 0.05) is 23.3 Å². The van der Waals surface area contributed by atoms with Crippen molar-refractivity contribution in [1.82, 2.24) is 24.4 Å². The van der Waals surface area contributed by atoms with Gasteiger partial charge in [-0.1, -0.05) is 23.9 Å². The normalized spacial score (nSPS) is 12.3. The van der Waals surface area contributed by atoms with E-state index in [1.165, 1.54) is 16.2 Å². The van der Waals surface area contributed by atoms with Crippen molar-refractivity contribution in [2.45, 2.75) is 38.0 Å². The summed E-state index contributed by atoms with van der Waals surface area (Å²) in [5.74, 6) is 0.739. The number of aromatic nitrogens is 5. The van der Waals surface area contributed by atoms with E-state index >= 15 is 0 Å². The van der Waals surface area contributed by atoms with E-state index in [-0.39, 0.29) is 18.5 Å². The lowest BCUT2D eigenvalue weighted by molar-refractivity contribution is -0.116. The minimum Gasteiger partial charge on any atom is -0.323 e. The summed E-state index contributed by atoms with van der Waals surface area (Å²) in [5, 5.41) is 11.6. The van der Waals surface area contributed by atoms with E-state index in [1.54, 1.807) is 18.0 Å². The lowest BCUT2D eigenvalue weighted by Crippen LogP contribution is -2.19. The van der Waals surface area contributed by atoms with Crippen molar-refractivity contribution in [3.05, 3.63) is 11.9 Å². The first-order valence-corrected chi connectivity index (χ1v) is 8.26. The maximum absolute atomic E-state index is 11.9. The molecule has 0 aliphatic rings. The van der Waals surface area contributed by atoms with Gasteiger partial charge < -0.3 is 5.73 Å². The van der Waals surface area contributed by atoms with Crippen LogP contribution in [0.4, 0.5) is 5.13 Å². The summed E-state index contributed by atoms with van der Waals surface area (Å²) in [6.45, 7) is 3.97. The highest BCUT2D eigenvalue weighted by Crippen LogP contribution is 2.20. The first-order valence-electron chi connectivity index (χ1n) is 6.50. The molecule has 8 nitrogen and oxygen atoms in total. The van der Waals surface area contributed by atoms with Crippen LogP contribution in [0.15, 0.2) is 11.4 Å². The van der Waals surface area contributed by atoms with E-state index in [4.69, 9.17) is 5.73 Å². The molecule has 0 aliphatic heterocycles. The van der Waals surface area contributed by atoms with Gasteiger partial charge in [0.2, 0.25) is 16.2 Å². The molecule has 1 unspecified atom stereocenters. The van der Waals surface area contributed by atoms with Crippen LogP contribution in [0.5, 0.6) is 0 Å². The largest absolute Gasteiger partial charge is 0.323 e. The van der Waals surface area contributed by atoms with Gasteiger partial charge >= 0.3 is 0 Å². The van der Waals surface area contributed by atoms with Gasteiger partial charge in [-0.2, -0.15) is 9.36 Å². The topological polar surface area (TPSA) is 112 Å². The van der Waals surface area contributed by atoms with Gasteiger partial charge in [0.1, 0.15) is 6.54 Å². The van der Waals surface area contributed by atoms with Crippen LogP contribution in [0, 0.1) is 0 Å². The molecule has 2 heterocycles. The number of amides is 1. The molecule has 0 bridgehead atoms. The molecule has 0 aromatic carbocycles. The summed E-state index contributed by atoms with van der Waals surface area (Å²) in [6, 6.07) is -0.205. The summed E-state index contributed by atoms with van der Waals surface area (Å²) in [7, 11) is 0. The molecule has 0 spiro atoms. The Balaban J connectivity index is 1.87. The van der Waals surface area contributed by atoms with Crippen LogP contribution in [0.25, 0.3) is 0 Å². The summed E-state index contributed by atoms with van der Waals surface area (Å²) >= 11 is 2.74. The van der Waals surface area contributed by atoms with Crippen LogP contribution in [0.3, 0.4) is 0 Å². The van der Waals surface area contributed by atoms with Gasteiger partial charge in [-0.15, -0.1) is 5.10 Å². The number of nitrogens with zero attached hydrogens (tertiary/aromatic N) is 5.